The zero-order valence-corrected chi connectivity index (χ0v) is 17.5. The quantitative estimate of drug-likeness (QED) is 0.614. The average molecular weight is 437 g/mol. The number of sulfone groups is 1. The summed E-state index contributed by atoms with van der Waals surface area (Å²) in [5.41, 5.74) is 0. The maximum Gasteiger partial charge on any atom is 0.241 e. The molecule has 8 nitrogen and oxygen atoms in total. The largest absolute Gasteiger partial charge is 0.391 e. The normalized spacial score (nSPS) is 34.1. The third-order valence-corrected chi connectivity index (χ3v) is 8.63. The number of hydrogen-bond acceptors (Lipinski definition) is 6. The predicted molar refractivity (Wildman–Crippen MR) is 108 cm³/mol. The maximum absolute atomic E-state index is 13.0. The van der Waals surface area contributed by atoms with E-state index in [4.69, 9.17) is 4.74 Å². The summed E-state index contributed by atoms with van der Waals surface area (Å²) in [6.45, 7) is 1.21. The summed E-state index contributed by atoms with van der Waals surface area (Å²) in [6, 6.07) is 7.30. The van der Waals surface area contributed by atoms with Gasteiger partial charge in [0, 0.05) is 31.0 Å². The van der Waals surface area contributed by atoms with Crippen LogP contribution in [0.1, 0.15) is 32.1 Å². The van der Waals surface area contributed by atoms with Crippen molar-refractivity contribution in [1.82, 2.24) is 10.6 Å². The molecule has 4 rings (SSSR count). The molecule has 2 heterocycles. The summed E-state index contributed by atoms with van der Waals surface area (Å²) in [4.78, 5) is 25.3. The average Bonchev–Trinajstić information content (AvgIpc) is 3.25. The lowest BCUT2D eigenvalue weighted by molar-refractivity contribution is -0.134. The Labute approximate surface area is 176 Å². The van der Waals surface area contributed by atoms with Gasteiger partial charge in [-0.3, -0.25) is 9.59 Å². The highest BCUT2D eigenvalue weighted by Crippen LogP contribution is 2.37. The molecular weight excluding hydrogens is 408 g/mol. The number of piperidine rings is 1. The van der Waals surface area contributed by atoms with Crippen molar-refractivity contribution in [2.24, 2.45) is 11.8 Å². The summed E-state index contributed by atoms with van der Waals surface area (Å²) in [6.07, 6.45) is 2.12. The van der Waals surface area contributed by atoms with E-state index in [1.54, 1.807) is 18.2 Å². The third kappa shape index (κ3) is 4.10. The second-order valence-corrected chi connectivity index (χ2v) is 10.5. The fourth-order valence-corrected chi connectivity index (χ4v) is 6.65. The first kappa shape index (κ1) is 21.3. The zero-order chi connectivity index (χ0) is 21.3. The van der Waals surface area contributed by atoms with Crippen LogP contribution in [0.4, 0.5) is 0 Å². The topological polar surface area (TPSA) is 122 Å². The van der Waals surface area contributed by atoms with Crippen molar-refractivity contribution in [3.63, 3.8) is 0 Å². The number of rotatable bonds is 5. The summed E-state index contributed by atoms with van der Waals surface area (Å²) in [5.74, 6) is -1.45. The molecule has 6 atom stereocenters. The lowest BCUT2D eigenvalue weighted by atomic mass is 9.73. The van der Waals surface area contributed by atoms with Crippen molar-refractivity contribution in [1.29, 1.82) is 0 Å². The molecule has 9 heteroatoms. The van der Waals surface area contributed by atoms with Gasteiger partial charge in [-0.05, 0) is 44.2 Å². The Hall–Kier alpha value is -1.97. The van der Waals surface area contributed by atoms with Gasteiger partial charge >= 0.3 is 0 Å². The summed E-state index contributed by atoms with van der Waals surface area (Å²) < 4.78 is 31.5. The molecule has 1 saturated carbocycles. The summed E-state index contributed by atoms with van der Waals surface area (Å²) in [5, 5.41) is 15.0. The Balaban J connectivity index is 1.41. The third-order valence-electron chi connectivity index (χ3n) is 6.54. The minimum atomic E-state index is -4.01. The number of amides is 2. The van der Waals surface area contributed by atoms with Gasteiger partial charge < -0.3 is 20.5 Å². The molecule has 0 aromatic heterocycles. The molecule has 1 aromatic rings. The van der Waals surface area contributed by atoms with E-state index in [9.17, 15) is 23.1 Å². The van der Waals surface area contributed by atoms with Crippen molar-refractivity contribution in [2.75, 3.05) is 13.2 Å². The molecule has 164 valence electrons. The lowest BCUT2D eigenvalue weighted by Gasteiger charge is -2.44. The number of aliphatic hydroxyl groups is 1. The highest BCUT2D eigenvalue weighted by Gasteiger charge is 2.52. The van der Waals surface area contributed by atoms with Gasteiger partial charge in [-0.2, -0.15) is 0 Å². The number of benzene rings is 1. The van der Waals surface area contributed by atoms with Crippen LogP contribution in [-0.4, -0.2) is 62.0 Å². The van der Waals surface area contributed by atoms with Crippen LogP contribution in [0.5, 0.6) is 0 Å². The van der Waals surface area contributed by atoms with Gasteiger partial charge in [-0.25, -0.2) is 8.42 Å². The number of carbonyl (C=O) groups excluding carboxylic acids is 2. The molecule has 3 aliphatic rings. The van der Waals surface area contributed by atoms with Crippen molar-refractivity contribution in [3.8, 4) is 0 Å². The fraction of sp³-hybridized carbons (Fsp3) is 0.619. The standard InChI is InChI=1S/C21H28N2O6S/c24-18-16-9-8-13(20(25)22-12-14-5-4-10-29-14)11-17(16)23-21(26)19(18)30(27,28)15-6-2-1-3-7-15/h1-3,6-7,13-14,16-19,24H,4-5,8-12H2,(H,22,25)(H,23,26). The van der Waals surface area contributed by atoms with Gasteiger partial charge in [0.05, 0.1) is 17.1 Å². The summed E-state index contributed by atoms with van der Waals surface area (Å²) >= 11 is 0. The maximum atomic E-state index is 13.0. The van der Waals surface area contributed by atoms with Crippen molar-refractivity contribution in [3.05, 3.63) is 30.3 Å². The second kappa shape index (κ2) is 8.64. The van der Waals surface area contributed by atoms with Crippen LogP contribution in [0.15, 0.2) is 35.2 Å². The Kier molecular flexibility index (Phi) is 6.13. The minimum absolute atomic E-state index is 0.0184. The van der Waals surface area contributed by atoms with Crippen LogP contribution in [0.2, 0.25) is 0 Å². The molecule has 2 aliphatic heterocycles. The lowest BCUT2D eigenvalue weighted by Crippen LogP contribution is -2.63. The molecule has 0 bridgehead atoms. The monoisotopic (exact) mass is 436 g/mol. The Bertz CT molecular complexity index is 884. The van der Waals surface area contributed by atoms with Gasteiger partial charge in [0.1, 0.15) is 0 Å². The van der Waals surface area contributed by atoms with Crippen molar-refractivity contribution in [2.45, 2.75) is 60.5 Å². The van der Waals surface area contributed by atoms with E-state index in [0.29, 0.717) is 25.8 Å². The summed E-state index contributed by atoms with van der Waals surface area (Å²) in [7, 11) is -4.01. The molecule has 0 spiro atoms. The molecule has 30 heavy (non-hydrogen) atoms. The van der Waals surface area contributed by atoms with E-state index in [-0.39, 0.29) is 22.8 Å². The first-order chi connectivity index (χ1) is 14.4. The van der Waals surface area contributed by atoms with Crippen LogP contribution in [0, 0.1) is 11.8 Å². The van der Waals surface area contributed by atoms with Crippen LogP contribution in [0.25, 0.3) is 0 Å². The fourth-order valence-electron chi connectivity index (χ4n) is 4.90. The molecule has 6 unspecified atom stereocenters. The number of nitrogens with one attached hydrogen (secondary N) is 2. The predicted octanol–water partition coefficient (Wildman–Crippen LogP) is 0.400. The van der Waals surface area contributed by atoms with E-state index in [0.717, 1.165) is 19.4 Å². The zero-order valence-electron chi connectivity index (χ0n) is 16.7. The number of carbonyl (C=O) groups is 2. The van der Waals surface area contributed by atoms with Crippen LogP contribution in [-0.2, 0) is 24.2 Å². The first-order valence-corrected chi connectivity index (χ1v) is 12.1. The second-order valence-electron chi connectivity index (χ2n) is 8.44. The molecule has 1 aromatic carbocycles. The van der Waals surface area contributed by atoms with Crippen molar-refractivity contribution >= 4 is 21.7 Å². The molecular formula is C21H28N2O6S. The van der Waals surface area contributed by atoms with E-state index >= 15 is 0 Å². The van der Waals surface area contributed by atoms with E-state index in [1.807, 2.05) is 0 Å². The van der Waals surface area contributed by atoms with Gasteiger partial charge in [0.25, 0.3) is 0 Å². The number of aliphatic hydroxyl groups excluding tert-OH is 1. The van der Waals surface area contributed by atoms with Gasteiger partial charge in [-0.1, -0.05) is 18.2 Å². The number of hydrogen-bond donors (Lipinski definition) is 3. The van der Waals surface area contributed by atoms with E-state index in [2.05, 4.69) is 10.6 Å². The number of fused-ring (bicyclic) bond motifs is 1. The van der Waals surface area contributed by atoms with Gasteiger partial charge in [0.15, 0.2) is 15.1 Å². The molecule has 2 amide bonds. The molecule has 0 radical (unpaired) electrons. The van der Waals surface area contributed by atoms with Crippen LogP contribution in [0.3, 0.4) is 0 Å². The smallest absolute Gasteiger partial charge is 0.241 e. The van der Waals surface area contributed by atoms with Gasteiger partial charge in [0.2, 0.25) is 11.8 Å². The van der Waals surface area contributed by atoms with Crippen LogP contribution < -0.4 is 10.6 Å². The molecule has 2 saturated heterocycles. The number of ether oxygens (including phenoxy) is 1. The van der Waals surface area contributed by atoms with Crippen LogP contribution >= 0.6 is 0 Å². The van der Waals surface area contributed by atoms with E-state index < -0.39 is 39.1 Å². The minimum Gasteiger partial charge on any atom is -0.391 e. The van der Waals surface area contributed by atoms with E-state index in [1.165, 1.54) is 12.1 Å². The Morgan fingerprint density at radius 3 is 2.67 bits per heavy atom. The highest BCUT2D eigenvalue weighted by molar-refractivity contribution is 7.92. The molecule has 1 aliphatic carbocycles. The van der Waals surface area contributed by atoms with Gasteiger partial charge in [-0.15, -0.1) is 0 Å². The molecule has 3 N–H and O–H groups in total. The molecule has 3 fully saturated rings. The highest BCUT2D eigenvalue weighted by atomic mass is 32.2. The Morgan fingerprint density at radius 1 is 1.20 bits per heavy atom. The Morgan fingerprint density at radius 2 is 1.97 bits per heavy atom. The first-order valence-electron chi connectivity index (χ1n) is 10.5. The van der Waals surface area contributed by atoms with Crippen molar-refractivity contribution < 1.29 is 27.9 Å². The SMILES string of the molecule is O=C(NCC1CCCO1)C1CCC2C(C1)NC(=O)C(S(=O)(=O)c1ccccc1)C2O.